The quantitative estimate of drug-likeness (QED) is 0.479. The first kappa shape index (κ1) is 25.1. The number of fused-ring (bicyclic) bond motifs is 1. The van der Waals surface area contributed by atoms with E-state index in [-0.39, 0.29) is 36.7 Å². The largest absolute Gasteiger partial charge is 0.345 e. The van der Waals surface area contributed by atoms with Crippen LogP contribution in [0.15, 0.2) is 46.7 Å². The number of hydrogen-bond donors (Lipinski definition) is 1. The van der Waals surface area contributed by atoms with Crippen molar-refractivity contribution >= 4 is 28.8 Å². The third-order valence-corrected chi connectivity index (χ3v) is 5.56. The zero-order chi connectivity index (χ0) is 24.7. The molecule has 1 N–H and O–H groups in total. The second-order valence-electron chi connectivity index (χ2n) is 9.28. The number of likely N-dealkylation sites (N-methyl/N-ethyl adjacent to an activating group) is 1. The smallest absolute Gasteiger partial charge is 0.267 e. The molecule has 7 heteroatoms. The summed E-state index contributed by atoms with van der Waals surface area (Å²) in [5.74, 6) is 6.42. The summed E-state index contributed by atoms with van der Waals surface area (Å²) in [5, 5.41) is 13.3. The minimum absolute atomic E-state index is 0.0681. The van der Waals surface area contributed by atoms with Gasteiger partial charge in [0.25, 0.3) is 5.91 Å². The molecule has 0 aromatic heterocycles. The van der Waals surface area contributed by atoms with Crippen molar-refractivity contribution in [1.82, 2.24) is 10.2 Å². The van der Waals surface area contributed by atoms with Gasteiger partial charge in [0.15, 0.2) is 6.54 Å². The predicted molar refractivity (Wildman–Crippen MR) is 135 cm³/mol. The molecule has 0 saturated carbocycles. The highest BCUT2D eigenvalue weighted by Gasteiger charge is 2.26. The Morgan fingerprint density at radius 1 is 1.18 bits per heavy atom. The average Bonchev–Trinajstić information content (AvgIpc) is 3.22. The summed E-state index contributed by atoms with van der Waals surface area (Å²) in [6, 6.07) is 12.4. The molecule has 2 aromatic rings. The molecule has 178 valence electrons. The maximum atomic E-state index is 12.8. The Hall–Kier alpha value is -3.53. The van der Waals surface area contributed by atoms with Crippen molar-refractivity contribution in [3.05, 3.63) is 47.5 Å². The summed E-state index contributed by atoms with van der Waals surface area (Å²) in [5.41, 5.74) is 2.39. The average molecular weight is 461 g/mol. The number of hydrogen-bond acceptors (Lipinski definition) is 4. The molecule has 0 bridgehead atoms. The second-order valence-corrected chi connectivity index (χ2v) is 9.28. The third kappa shape index (κ3) is 6.98. The van der Waals surface area contributed by atoms with E-state index >= 15 is 0 Å². The van der Waals surface area contributed by atoms with Crippen molar-refractivity contribution in [3.8, 4) is 11.8 Å². The number of rotatable bonds is 8. The van der Waals surface area contributed by atoms with Crippen LogP contribution in [0, 0.1) is 17.8 Å². The Morgan fingerprint density at radius 2 is 1.97 bits per heavy atom. The summed E-state index contributed by atoms with van der Waals surface area (Å²) in [6.07, 6.45) is 1.90. The van der Waals surface area contributed by atoms with E-state index in [1.54, 1.807) is 18.2 Å². The molecular formula is C27H34N5O2+. The van der Waals surface area contributed by atoms with Gasteiger partial charge in [-0.1, -0.05) is 69.9 Å². The number of amides is 2. The van der Waals surface area contributed by atoms with Crippen LogP contribution in [0.3, 0.4) is 0 Å². The molecule has 0 spiro atoms. The lowest BCUT2D eigenvalue weighted by Crippen LogP contribution is -2.33. The molecule has 1 unspecified atom stereocenters. The summed E-state index contributed by atoms with van der Waals surface area (Å²) in [4.78, 5) is 26.5. The first-order valence-electron chi connectivity index (χ1n) is 11.8. The fourth-order valence-electron chi connectivity index (χ4n) is 3.80. The van der Waals surface area contributed by atoms with Crippen LogP contribution >= 0.6 is 0 Å². The zero-order valence-corrected chi connectivity index (χ0v) is 20.7. The van der Waals surface area contributed by atoms with Crippen molar-refractivity contribution < 1.29 is 14.3 Å². The number of nitrogens with zero attached hydrogens (tertiary/aromatic N) is 4. The molecule has 0 radical (unpaired) electrons. The molecule has 1 atom stereocenters. The van der Waals surface area contributed by atoms with Crippen molar-refractivity contribution in [3.63, 3.8) is 0 Å². The fraction of sp³-hybridized carbons (Fsp3) is 0.444. The van der Waals surface area contributed by atoms with Crippen LogP contribution in [0.5, 0.6) is 0 Å². The normalized spacial score (nSPS) is 14.8. The second kappa shape index (κ2) is 11.6. The van der Waals surface area contributed by atoms with Gasteiger partial charge in [-0.05, 0) is 33.9 Å². The van der Waals surface area contributed by atoms with Gasteiger partial charge in [0.2, 0.25) is 11.9 Å². The Bertz CT molecular complexity index is 1170. The lowest BCUT2D eigenvalue weighted by atomic mass is 9.95. The van der Waals surface area contributed by atoms with Crippen LogP contribution in [0.25, 0.3) is 10.8 Å². The number of carbonyl (C=O) groups excluding carboxylic acids is 2. The van der Waals surface area contributed by atoms with E-state index in [0.29, 0.717) is 19.0 Å². The van der Waals surface area contributed by atoms with Crippen LogP contribution in [0.2, 0.25) is 0 Å². The Kier molecular flexibility index (Phi) is 8.53. The van der Waals surface area contributed by atoms with Crippen LogP contribution in [0.1, 0.15) is 51.2 Å². The first-order chi connectivity index (χ1) is 16.2. The highest BCUT2D eigenvalue weighted by molar-refractivity contribution is 5.87. The molecule has 0 aliphatic carbocycles. The predicted octanol–water partition coefficient (Wildman–Crippen LogP) is 3.92. The van der Waals surface area contributed by atoms with E-state index in [0.717, 1.165) is 5.56 Å². The standard InChI is InChI=1S/C27H33N5O2/c1-19(2)8-7-13-28-26(33)15-23-17-32(30-29-23)18-27(34)31(5)16-21-11-12-22-9-6-10-24(20(3)4)25(22)14-21/h6,9-12,14,17,19-20,23H,13,15-16,18H2,1-5H3/p+1. The van der Waals surface area contributed by atoms with E-state index in [2.05, 4.69) is 77.7 Å². The fourth-order valence-corrected chi connectivity index (χ4v) is 3.80. The molecule has 0 fully saturated rings. The number of carbonyl (C=O) groups is 2. The Labute approximate surface area is 201 Å². The molecule has 0 saturated heterocycles. The molecule has 2 amide bonds. The topological polar surface area (TPSA) is 77.1 Å². The molecular weight excluding hydrogens is 426 g/mol. The van der Waals surface area contributed by atoms with Crippen LogP contribution < -0.4 is 5.32 Å². The number of nitrogens with one attached hydrogen (secondary N) is 1. The van der Waals surface area contributed by atoms with Crippen molar-refractivity contribution in [1.29, 1.82) is 0 Å². The molecule has 3 rings (SSSR count). The van der Waals surface area contributed by atoms with Crippen LogP contribution in [-0.2, 0) is 16.1 Å². The summed E-state index contributed by atoms with van der Waals surface area (Å²) >= 11 is 0. The Morgan fingerprint density at radius 3 is 2.71 bits per heavy atom. The Balaban J connectivity index is 1.54. The van der Waals surface area contributed by atoms with E-state index in [9.17, 15) is 9.59 Å². The van der Waals surface area contributed by atoms with E-state index < -0.39 is 0 Å². The van der Waals surface area contributed by atoms with Gasteiger partial charge in [0.05, 0.1) is 13.0 Å². The van der Waals surface area contributed by atoms with Crippen LogP contribution in [0.4, 0.5) is 0 Å². The highest BCUT2D eigenvalue weighted by Crippen LogP contribution is 2.26. The van der Waals surface area contributed by atoms with Crippen molar-refractivity contribution in [2.45, 2.75) is 52.6 Å². The van der Waals surface area contributed by atoms with E-state index in [1.807, 2.05) is 13.8 Å². The minimum Gasteiger partial charge on any atom is -0.345 e. The first-order valence-corrected chi connectivity index (χ1v) is 11.8. The van der Waals surface area contributed by atoms with Gasteiger partial charge in [-0.15, -0.1) is 4.68 Å². The molecule has 2 aromatic carbocycles. The van der Waals surface area contributed by atoms with Gasteiger partial charge in [-0.3, -0.25) is 9.59 Å². The summed E-state index contributed by atoms with van der Waals surface area (Å²) in [6.45, 7) is 9.30. The number of benzene rings is 2. The highest BCUT2D eigenvalue weighted by atomic mass is 16.2. The maximum Gasteiger partial charge on any atom is 0.267 e. The molecule has 1 aliphatic heterocycles. The maximum absolute atomic E-state index is 12.8. The van der Waals surface area contributed by atoms with E-state index in [4.69, 9.17) is 0 Å². The van der Waals surface area contributed by atoms with Gasteiger partial charge in [-0.2, -0.15) is 0 Å². The molecule has 7 nitrogen and oxygen atoms in total. The molecule has 34 heavy (non-hydrogen) atoms. The lowest BCUT2D eigenvalue weighted by molar-refractivity contribution is -0.521. The van der Waals surface area contributed by atoms with Gasteiger partial charge in [-0.25, -0.2) is 0 Å². The molecule has 1 heterocycles. The SMILES string of the molecule is CC(C)C#CCNC(=O)CC1C=[N+](CC(=O)N(C)Cc2ccc3cccc(C(C)C)c3c2)N=N1. The zero-order valence-electron chi connectivity index (χ0n) is 20.7. The van der Waals surface area contributed by atoms with Gasteiger partial charge >= 0.3 is 0 Å². The third-order valence-electron chi connectivity index (χ3n) is 5.56. The lowest BCUT2D eigenvalue weighted by Gasteiger charge is -2.17. The van der Waals surface area contributed by atoms with Crippen molar-refractivity contribution in [2.75, 3.05) is 20.1 Å². The van der Waals surface area contributed by atoms with E-state index in [1.165, 1.54) is 21.0 Å². The summed E-state index contributed by atoms with van der Waals surface area (Å²) < 4.78 is 1.51. The molecule has 1 aliphatic rings. The summed E-state index contributed by atoms with van der Waals surface area (Å²) in [7, 11) is 1.79. The van der Waals surface area contributed by atoms with Crippen LogP contribution in [-0.4, -0.2) is 53.8 Å². The van der Waals surface area contributed by atoms with Gasteiger partial charge < -0.3 is 10.2 Å². The van der Waals surface area contributed by atoms with Crippen molar-refractivity contribution in [2.24, 2.45) is 16.3 Å². The van der Waals surface area contributed by atoms with Gasteiger partial charge in [0.1, 0.15) is 11.4 Å². The minimum atomic E-state index is -0.369. The van der Waals surface area contributed by atoms with Gasteiger partial charge in [0, 0.05) is 24.6 Å². The monoisotopic (exact) mass is 460 g/mol.